The van der Waals surface area contributed by atoms with E-state index in [2.05, 4.69) is 5.32 Å². The highest BCUT2D eigenvalue weighted by Crippen LogP contribution is 2.19. The molecule has 0 unspecified atom stereocenters. The largest absolute Gasteiger partial charge is 0.489 e. The van der Waals surface area contributed by atoms with Crippen molar-refractivity contribution >= 4 is 17.6 Å². The Bertz CT molecular complexity index is 996. The molecule has 160 valence electrons. The van der Waals surface area contributed by atoms with Crippen molar-refractivity contribution in [3.8, 4) is 11.5 Å². The zero-order valence-electron chi connectivity index (χ0n) is 17.6. The van der Waals surface area contributed by atoms with Gasteiger partial charge in [0.1, 0.15) is 18.1 Å². The van der Waals surface area contributed by atoms with Crippen molar-refractivity contribution in [2.45, 2.75) is 20.5 Å². The van der Waals surface area contributed by atoms with Crippen molar-refractivity contribution in [1.82, 2.24) is 0 Å². The minimum Gasteiger partial charge on any atom is -0.489 e. The molecule has 0 saturated carbocycles. The number of amides is 1. The topological polar surface area (TPSA) is 73.9 Å². The van der Waals surface area contributed by atoms with Gasteiger partial charge in [0.2, 0.25) is 0 Å². The second-order valence-electron chi connectivity index (χ2n) is 7.12. The summed E-state index contributed by atoms with van der Waals surface area (Å²) in [7, 11) is 0. The highest BCUT2D eigenvalue weighted by molar-refractivity contribution is 5.93. The fourth-order valence-electron chi connectivity index (χ4n) is 2.95. The van der Waals surface area contributed by atoms with E-state index in [0.29, 0.717) is 23.8 Å². The Morgan fingerprint density at radius 3 is 2.03 bits per heavy atom. The Morgan fingerprint density at radius 1 is 0.774 bits per heavy atom. The molecule has 0 saturated heterocycles. The molecule has 1 amide bonds. The van der Waals surface area contributed by atoms with E-state index >= 15 is 0 Å². The summed E-state index contributed by atoms with van der Waals surface area (Å²) in [5.74, 6) is 0.170. The van der Waals surface area contributed by atoms with E-state index in [4.69, 9.17) is 14.2 Å². The van der Waals surface area contributed by atoms with Crippen molar-refractivity contribution in [3.05, 3.63) is 89.5 Å². The maximum Gasteiger partial charge on any atom is 0.344 e. The van der Waals surface area contributed by atoms with Crippen LogP contribution in [0, 0.1) is 13.8 Å². The van der Waals surface area contributed by atoms with Crippen LogP contribution in [-0.4, -0.2) is 25.1 Å². The first-order valence-electron chi connectivity index (χ1n) is 9.91. The Labute approximate surface area is 181 Å². The number of carbonyl (C=O) groups excluding carboxylic acids is 2. The zero-order chi connectivity index (χ0) is 22.1. The Kier molecular flexibility index (Phi) is 7.65. The summed E-state index contributed by atoms with van der Waals surface area (Å²) >= 11 is 0. The summed E-state index contributed by atoms with van der Waals surface area (Å²) in [4.78, 5) is 23.8. The van der Waals surface area contributed by atoms with Crippen molar-refractivity contribution in [2.75, 3.05) is 18.5 Å². The summed E-state index contributed by atoms with van der Waals surface area (Å²) in [6, 6.07) is 22.5. The molecule has 0 aliphatic carbocycles. The molecule has 0 heterocycles. The molecule has 3 rings (SSSR count). The van der Waals surface area contributed by atoms with E-state index < -0.39 is 11.9 Å². The Balaban J connectivity index is 1.37. The lowest BCUT2D eigenvalue weighted by Crippen LogP contribution is -2.23. The van der Waals surface area contributed by atoms with Crippen molar-refractivity contribution in [3.63, 3.8) is 0 Å². The van der Waals surface area contributed by atoms with Gasteiger partial charge in [0.05, 0.1) is 0 Å². The number of hydrogen-bond donors (Lipinski definition) is 1. The average Bonchev–Trinajstić information content (AvgIpc) is 2.75. The Hall–Kier alpha value is -3.80. The van der Waals surface area contributed by atoms with Crippen LogP contribution >= 0.6 is 0 Å². The first kappa shape index (κ1) is 21.9. The van der Waals surface area contributed by atoms with Crippen LogP contribution in [0.2, 0.25) is 0 Å². The van der Waals surface area contributed by atoms with Gasteiger partial charge >= 0.3 is 5.97 Å². The van der Waals surface area contributed by atoms with E-state index in [0.717, 1.165) is 16.7 Å². The minimum atomic E-state index is -0.625. The Morgan fingerprint density at radius 2 is 1.39 bits per heavy atom. The molecule has 1 N–H and O–H groups in total. The van der Waals surface area contributed by atoms with Crippen molar-refractivity contribution < 1.29 is 23.8 Å². The second kappa shape index (κ2) is 10.8. The zero-order valence-corrected chi connectivity index (χ0v) is 17.6. The van der Waals surface area contributed by atoms with Crippen LogP contribution in [0.25, 0.3) is 0 Å². The molecule has 0 aromatic heterocycles. The molecule has 0 fully saturated rings. The number of anilines is 1. The summed E-state index contributed by atoms with van der Waals surface area (Å²) in [6.45, 7) is 3.70. The summed E-state index contributed by atoms with van der Waals surface area (Å²) in [5.41, 5.74) is 3.82. The van der Waals surface area contributed by atoms with E-state index in [9.17, 15) is 9.59 Å². The smallest absolute Gasteiger partial charge is 0.344 e. The standard InChI is InChI=1S/C25H25NO5/c1-18-12-19(2)14-21(13-18)26-24(27)16-31-25(28)17-30-23-10-8-22(9-11-23)29-15-20-6-4-3-5-7-20/h3-14H,15-17H2,1-2H3,(H,26,27). The number of rotatable bonds is 9. The lowest BCUT2D eigenvalue weighted by molar-refractivity contribution is -0.149. The summed E-state index contributed by atoms with van der Waals surface area (Å²) in [6.07, 6.45) is 0. The molecule has 6 nitrogen and oxygen atoms in total. The lowest BCUT2D eigenvalue weighted by Gasteiger charge is -2.10. The van der Waals surface area contributed by atoms with Crippen LogP contribution in [0.3, 0.4) is 0 Å². The van der Waals surface area contributed by atoms with Gasteiger partial charge in [-0.1, -0.05) is 36.4 Å². The average molecular weight is 419 g/mol. The van der Waals surface area contributed by atoms with Gasteiger partial charge in [0.15, 0.2) is 13.2 Å². The van der Waals surface area contributed by atoms with Gasteiger partial charge in [0, 0.05) is 5.69 Å². The number of nitrogens with one attached hydrogen (secondary N) is 1. The SMILES string of the molecule is Cc1cc(C)cc(NC(=O)COC(=O)COc2ccc(OCc3ccccc3)cc2)c1. The van der Waals surface area contributed by atoms with Gasteiger partial charge in [-0.15, -0.1) is 0 Å². The number of benzene rings is 3. The van der Waals surface area contributed by atoms with Gasteiger partial charge in [-0.3, -0.25) is 4.79 Å². The third kappa shape index (κ3) is 7.51. The number of aryl methyl sites for hydroxylation is 2. The first-order chi connectivity index (χ1) is 15.0. The number of hydrogen-bond acceptors (Lipinski definition) is 5. The predicted octanol–water partition coefficient (Wildman–Crippen LogP) is 4.44. The maximum absolute atomic E-state index is 12.0. The van der Waals surface area contributed by atoms with Gasteiger partial charge < -0.3 is 19.5 Å². The molecule has 3 aromatic rings. The molecule has 0 spiro atoms. The molecule has 3 aromatic carbocycles. The molecular weight excluding hydrogens is 394 g/mol. The molecule has 0 radical (unpaired) electrons. The van der Waals surface area contributed by atoms with E-state index in [1.54, 1.807) is 24.3 Å². The van der Waals surface area contributed by atoms with Gasteiger partial charge in [0.25, 0.3) is 5.91 Å². The van der Waals surface area contributed by atoms with Gasteiger partial charge in [-0.2, -0.15) is 0 Å². The third-order valence-corrected chi connectivity index (χ3v) is 4.30. The maximum atomic E-state index is 12.0. The van der Waals surface area contributed by atoms with Gasteiger partial charge in [-0.05, 0) is 66.9 Å². The van der Waals surface area contributed by atoms with Crippen LogP contribution in [-0.2, 0) is 20.9 Å². The molecule has 0 aliphatic heterocycles. The first-order valence-corrected chi connectivity index (χ1v) is 9.91. The molecule has 0 atom stereocenters. The fraction of sp³-hybridized carbons (Fsp3) is 0.200. The third-order valence-electron chi connectivity index (χ3n) is 4.30. The van der Waals surface area contributed by atoms with Crippen LogP contribution in [0.1, 0.15) is 16.7 Å². The summed E-state index contributed by atoms with van der Waals surface area (Å²) in [5, 5.41) is 2.71. The highest BCUT2D eigenvalue weighted by Gasteiger charge is 2.09. The molecule has 31 heavy (non-hydrogen) atoms. The van der Waals surface area contributed by atoms with Crippen LogP contribution in [0.15, 0.2) is 72.8 Å². The van der Waals surface area contributed by atoms with Crippen LogP contribution < -0.4 is 14.8 Å². The number of esters is 1. The normalized spacial score (nSPS) is 10.3. The summed E-state index contributed by atoms with van der Waals surface area (Å²) < 4.78 is 16.1. The molecule has 0 aliphatic rings. The monoisotopic (exact) mass is 419 g/mol. The molecule has 6 heteroatoms. The van der Waals surface area contributed by atoms with E-state index in [-0.39, 0.29) is 13.2 Å². The number of ether oxygens (including phenoxy) is 3. The minimum absolute atomic E-state index is 0.291. The molecule has 0 bridgehead atoms. The van der Waals surface area contributed by atoms with E-state index in [1.807, 2.05) is 62.4 Å². The van der Waals surface area contributed by atoms with Crippen LogP contribution in [0.5, 0.6) is 11.5 Å². The predicted molar refractivity (Wildman–Crippen MR) is 118 cm³/mol. The van der Waals surface area contributed by atoms with E-state index in [1.165, 1.54) is 0 Å². The van der Waals surface area contributed by atoms with Crippen LogP contribution in [0.4, 0.5) is 5.69 Å². The number of carbonyl (C=O) groups is 2. The molecular formula is C25H25NO5. The highest BCUT2D eigenvalue weighted by atomic mass is 16.6. The van der Waals surface area contributed by atoms with Crippen molar-refractivity contribution in [2.24, 2.45) is 0 Å². The lowest BCUT2D eigenvalue weighted by atomic mass is 10.1. The fourth-order valence-corrected chi connectivity index (χ4v) is 2.95. The second-order valence-corrected chi connectivity index (χ2v) is 7.12. The van der Waals surface area contributed by atoms with Gasteiger partial charge in [-0.25, -0.2) is 4.79 Å². The van der Waals surface area contributed by atoms with Crippen molar-refractivity contribution in [1.29, 1.82) is 0 Å². The quantitative estimate of drug-likeness (QED) is 0.519.